The van der Waals surface area contributed by atoms with Gasteiger partial charge in [-0.2, -0.15) is 13.2 Å². The molecule has 2 heterocycles. The van der Waals surface area contributed by atoms with E-state index in [1.807, 2.05) is 0 Å². The van der Waals surface area contributed by atoms with E-state index in [1.165, 1.54) is 18.3 Å². The summed E-state index contributed by atoms with van der Waals surface area (Å²) in [4.78, 5) is 15.7. The lowest BCUT2D eigenvalue weighted by Crippen LogP contribution is -2.43. The molecular weight excluding hydrogens is 287 g/mol. The number of alkyl halides is 3. The van der Waals surface area contributed by atoms with E-state index in [4.69, 9.17) is 0 Å². The van der Waals surface area contributed by atoms with E-state index < -0.39 is 12.8 Å². The van der Waals surface area contributed by atoms with E-state index in [0.29, 0.717) is 5.69 Å². The molecule has 1 saturated heterocycles. The number of hydrogen-bond donors (Lipinski definition) is 2. The van der Waals surface area contributed by atoms with Crippen LogP contribution in [-0.4, -0.2) is 36.3 Å². The molecular formula is C13H16F3N3O2. The van der Waals surface area contributed by atoms with Crippen LogP contribution < -0.4 is 15.4 Å². The number of nitrogens with one attached hydrogen (secondary N) is 2. The van der Waals surface area contributed by atoms with Crippen LogP contribution in [0, 0.1) is 0 Å². The number of amides is 1. The summed E-state index contributed by atoms with van der Waals surface area (Å²) >= 11 is 0. The van der Waals surface area contributed by atoms with Gasteiger partial charge in [0.1, 0.15) is 0 Å². The fraction of sp³-hybridized carbons (Fsp3) is 0.538. The molecule has 0 aliphatic carbocycles. The molecule has 0 bridgehead atoms. The number of halogens is 3. The maximum atomic E-state index is 12.0. The average molecular weight is 303 g/mol. The molecule has 0 radical (unpaired) electrons. The lowest BCUT2D eigenvalue weighted by atomic mass is 10.0. The molecule has 2 rings (SSSR count). The summed E-state index contributed by atoms with van der Waals surface area (Å²) in [6.45, 7) is -0.585. The number of carbonyl (C=O) groups excluding carboxylic acids is 1. The van der Waals surface area contributed by atoms with Crippen molar-refractivity contribution in [1.29, 1.82) is 0 Å². The van der Waals surface area contributed by atoms with Crippen LogP contribution in [0.3, 0.4) is 0 Å². The first-order valence-corrected chi connectivity index (χ1v) is 6.64. The topological polar surface area (TPSA) is 63.2 Å². The predicted octanol–water partition coefficient (Wildman–Crippen LogP) is 2.10. The summed E-state index contributed by atoms with van der Waals surface area (Å²) in [5.41, 5.74) is 0.423. The van der Waals surface area contributed by atoms with Crippen LogP contribution in [0.2, 0.25) is 0 Å². The van der Waals surface area contributed by atoms with Crippen LogP contribution in [0.5, 0.6) is 5.88 Å². The van der Waals surface area contributed by atoms with Crippen molar-refractivity contribution >= 4 is 11.6 Å². The second-order valence-corrected chi connectivity index (χ2v) is 4.78. The van der Waals surface area contributed by atoms with Crippen molar-refractivity contribution in [1.82, 2.24) is 10.3 Å². The second kappa shape index (κ2) is 6.75. The smallest absolute Gasteiger partial charge is 0.422 e. The van der Waals surface area contributed by atoms with Gasteiger partial charge in [-0.05, 0) is 25.5 Å². The van der Waals surface area contributed by atoms with Crippen molar-refractivity contribution in [3.63, 3.8) is 0 Å². The molecule has 1 atom stereocenters. The lowest BCUT2D eigenvalue weighted by Gasteiger charge is -2.22. The standard InChI is InChI=1S/C13H16F3N3O2/c14-13(15,16)8-21-11-5-4-9(7-18-11)19-12(20)10-3-1-2-6-17-10/h4-5,7,10,17H,1-3,6,8H2,(H,19,20). The first-order chi connectivity index (χ1) is 9.94. The molecule has 1 fully saturated rings. The fourth-order valence-corrected chi connectivity index (χ4v) is 2.00. The van der Waals surface area contributed by atoms with E-state index in [0.717, 1.165) is 25.8 Å². The van der Waals surface area contributed by atoms with Gasteiger partial charge in [0.05, 0.1) is 17.9 Å². The molecule has 1 aromatic heterocycles. The third-order valence-electron chi connectivity index (χ3n) is 3.01. The summed E-state index contributed by atoms with van der Waals surface area (Å²) in [6, 6.07) is 2.51. The van der Waals surface area contributed by atoms with E-state index in [1.54, 1.807) is 0 Å². The SMILES string of the molecule is O=C(Nc1ccc(OCC(F)(F)F)nc1)C1CCCCN1. The maximum absolute atomic E-state index is 12.0. The van der Waals surface area contributed by atoms with Crippen molar-refractivity contribution in [2.45, 2.75) is 31.5 Å². The van der Waals surface area contributed by atoms with Crippen molar-refractivity contribution in [3.05, 3.63) is 18.3 Å². The molecule has 5 nitrogen and oxygen atoms in total. The summed E-state index contributed by atoms with van der Waals surface area (Å²) in [6.07, 6.45) is -0.316. The third-order valence-corrected chi connectivity index (χ3v) is 3.01. The normalized spacial score (nSPS) is 19.1. The Kier molecular flexibility index (Phi) is 5.00. The van der Waals surface area contributed by atoms with Crippen LogP contribution in [0.25, 0.3) is 0 Å². The zero-order valence-corrected chi connectivity index (χ0v) is 11.2. The van der Waals surface area contributed by atoms with Crippen molar-refractivity contribution in [3.8, 4) is 5.88 Å². The number of ether oxygens (including phenoxy) is 1. The highest BCUT2D eigenvalue weighted by molar-refractivity contribution is 5.94. The van der Waals surface area contributed by atoms with Gasteiger partial charge in [0, 0.05) is 6.07 Å². The summed E-state index contributed by atoms with van der Waals surface area (Å²) in [5, 5.41) is 5.77. The van der Waals surface area contributed by atoms with E-state index in [9.17, 15) is 18.0 Å². The van der Waals surface area contributed by atoms with E-state index in [-0.39, 0.29) is 17.8 Å². The van der Waals surface area contributed by atoms with Gasteiger partial charge in [-0.3, -0.25) is 4.79 Å². The van der Waals surface area contributed by atoms with Crippen molar-refractivity contribution in [2.75, 3.05) is 18.5 Å². The third kappa shape index (κ3) is 5.22. The zero-order chi connectivity index (χ0) is 15.3. The van der Waals surface area contributed by atoms with E-state index >= 15 is 0 Å². The number of carbonyl (C=O) groups is 1. The molecule has 1 unspecified atom stereocenters. The van der Waals surface area contributed by atoms with Crippen LogP contribution in [0.1, 0.15) is 19.3 Å². The van der Waals surface area contributed by atoms with Gasteiger partial charge in [0.25, 0.3) is 0 Å². The second-order valence-electron chi connectivity index (χ2n) is 4.78. The number of aromatic nitrogens is 1. The van der Waals surface area contributed by atoms with Gasteiger partial charge in [0.2, 0.25) is 11.8 Å². The molecule has 8 heteroatoms. The first kappa shape index (κ1) is 15.6. The van der Waals surface area contributed by atoms with Crippen molar-refractivity contribution < 1.29 is 22.7 Å². The number of rotatable bonds is 4. The number of hydrogen-bond acceptors (Lipinski definition) is 4. The Morgan fingerprint density at radius 3 is 2.81 bits per heavy atom. The Morgan fingerprint density at radius 2 is 2.24 bits per heavy atom. The molecule has 0 aromatic carbocycles. The van der Waals surface area contributed by atoms with Gasteiger partial charge in [-0.25, -0.2) is 4.98 Å². The quantitative estimate of drug-likeness (QED) is 0.894. The van der Waals surface area contributed by atoms with E-state index in [2.05, 4.69) is 20.4 Å². The molecule has 0 saturated carbocycles. The van der Waals surface area contributed by atoms with Gasteiger partial charge < -0.3 is 15.4 Å². The monoisotopic (exact) mass is 303 g/mol. The maximum Gasteiger partial charge on any atom is 0.422 e. The van der Waals surface area contributed by atoms with Crippen LogP contribution in [0.15, 0.2) is 18.3 Å². The first-order valence-electron chi connectivity index (χ1n) is 6.64. The molecule has 2 N–H and O–H groups in total. The number of nitrogens with zero attached hydrogens (tertiary/aromatic N) is 1. The summed E-state index contributed by atoms with van der Waals surface area (Å²) in [7, 11) is 0. The van der Waals surface area contributed by atoms with Gasteiger partial charge in [0.15, 0.2) is 6.61 Å². The average Bonchev–Trinajstić information content (AvgIpc) is 2.46. The molecule has 1 amide bonds. The Labute approximate surface area is 119 Å². The van der Waals surface area contributed by atoms with Gasteiger partial charge in [-0.1, -0.05) is 6.42 Å². The van der Waals surface area contributed by atoms with Gasteiger partial charge in [-0.15, -0.1) is 0 Å². The Morgan fingerprint density at radius 1 is 1.43 bits per heavy atom. The molecule has 116 valence electrons. The highest BCUT2D eigenvalue weighted by Crippen LogP contribution is 2.18. The molecule has 1 aromatic rings. The largest absolute Gasteiger partial charge is 0.468 e. The number of anilines is 1. The van der Waals surface area contributed by atoms with Crippen molar-refractivity contribution in [2.24, 2.45) is 0 Å². The highest BCUT2D eigenvalue weighted by atomic mass is 19.4. The Bertz CT molecular complexity index is 471. The minimum absolute atomic E-state index is 0.138. The summed E-state index contributed by atoms with van der Waals surface area (Å²) < 4.78 is 40.4. The molecule has 1 aliphatic rings. The minimum Gasteiger partial charge on any atom is -0.468 e. The van der Waals surface area contributed by atoms with Gasteiger partial charge >= 0.3 is 6.18 Å². The summed E-state index contributed by atoms with van der Waals surface area (Å²) in [5.74, 6) is -0.304. The molecule has 0 spiro atoms. The molecule has 1 aliphatic heterocycles. The number of piperidine rings is 1. The lowest BCUT2D eigenvalue weighted by molar-refractivity contribution is -0.154. The fourth-order valence-electron chi connectivity index (χ4n) is 2.00. The zero-order valence-electron chi connectivity index (χ0n) is 11.2. The van der Waals surface area contributed by atoms with Crippen LogP contribution in [0.4, 0.5) is 18.9 Å². The van der Waals surface area contributed by atoms with Crippen LogP contribution in [-0.2, 0) is 4.79 Å². The Balaban J connectivity index is 1.85. The number of pyridine rings is 1. The van der Waals surface area contributed by atoms with Crippen LogP contribution >= 0.6 is 0 Å². The Hall–Kier alpha value is -1.83. The highest BCUT2D eigenvalue weighted by Gasteiger charge is 2.28. The molecule has 21 heavy (non-hydrogen) atoms. The minimum atomic E-state index is -4.40. The predicted molar refractivity (Wildman–Crippen MR) is 70.1 cm³/mol.